The van der Waals surface area contributed by atoms with E-state index in [1.807, 2.05) is 0 Å². The van der Waals surface area contributed by atoms with E-state index in [1.54, 1.807) is 23.7 Å². The summed E-state index contributed by atoms with van der Waals surface area (Å²) in [6.45, 7) is 0. The minimum atomic E-state index is -0.563. The predicted molar refractivity (Wildman–Crippen MR) is 85.1 cm³/mol. The lowest BCUT2D eigenvalue weighted by Gasteiger charge is -2.25. The Morgan fingerprint density at radius 2 is 2.19 bits per heavy atom. The zero-order chi connectivity index (χ0) is 15.6. The Morgan fingerprint density at radius 3 is 2.76 bits per heavy atom. The summed E-state index contributed by atoms with van der Waals surface area (Å²) in [5.41, 5.74) is -0.252. The SMILES string of the molecule is CS[C@@H]1CC[C@H](N(C)C(=O)c2c(Cl)cccc2[N+](=O)[O-])C1. The average molecular weight is 329 g/mol. The fourth-order valence-electron chi connectivity index (χ4n) is 2.70. The molecule has 1 fully saturated rings. The number of nitrogens with zero attached hydrogens (tertiary/aromatic N) is 2. The number of rotatable bonds is 4. The van der Waals surface area contributed by atoms with Crippen LogP contribution in [0, 0.1) is 10.1 Å². The summed E-state index contributed by atoms with van der Waals surface area (Å²) in [6.07, 6.45) is 4.97. The average Bonchev–Trinajstić information content (AvgIpc) is 2.94. The van der Waals surface area contributed by atoms with E-state index in [9.17, 15) is 14.9 Å². The van der Waals surface area contributed by atoms with Crippen molar-refractivity contribution in [3.63, 3.8) is 0 Å². The maximum atomic E-state index is 12.6. The molecule has 0 spiro atoms. The molecule has 21 heavy (non-hydrogen) atoms. The van der Waals surface area contributed by atoms with Crippen LogP contribution in [0.3, 0.4) is 0 Å². The van der Waals surface area contributed by atoms with Gasteiger partial charge in [0.2, 0.25) is 0 Å². The highest BCUT2D eigenvalue weighted by atomic mass is 35.5. The van der Waals surface area contributed by atoms with Gasteiger partial charge in [-0.1, -0.05) is 17.7 Å². The van der Waals surface area contributed by atoms with Gasteiger partial charge in [0.1, 0.15) is 5.56 Å². The van der Waals surface area contributed by atoms with Crippen molar-refractivity contribution in [2.75, 3.05) is 13.3 Å². The Balaban J connectivity index is 2.26. The van der Waals surface area contributed by atoms with Crippen molar-refractivity contribution in [2.24, 2.45) is 0 Å². The summed E-state index contributed by atoms with van der Waals surface area (Å²) >= 11 is 7.82. The van der Waals surface area contributed by atoms with Crippen LogP contribution in [-0.4, -0.2) is 40.3 Å². The molecule has 1 aromatic carbocycles. The number of amides is 1. The molecular formula is C14H17ClN2O3S. The standard InChI is InChI=1S/C14H17ClN2O3S/c1-16(9-6-7-10(8-9)21-2)14(18)13-11(15)4-3-5-12(13)17(19)20/h3-5,9-10H,6-8H2,1-2H3/t9-,10+/m0/s1. The van der Waals surface area contributed by atoms with Crippen molar-refractivity contribution in [3.05, 3.63) is 38.9 Å². The number of nitro groups is 1. The van der Waals surface area contributed by atoms with Crippen molar-refractivity contribution in [2.45, 2.75) is 30.6 Å². The van der Waals surface area contributed by atoms with Crippen LogP contribution in [0.5, 0.6) is 0 Å². The molecule has 1 aromatic rings. The molecule has 0 heterocycles. The molecule has 1 aliphatic rings. The minimum Gasteiger partial charge on any atom is -0.338 e. The first-order valence-corrected chi connectivity index (χ1v) is 8.35. The van der Waals surface area contributed by atoms with Crippen molar-refractivity contribution < 1.29 is 9.72 Å². The first kappa shape index (κ1) is 16.1. The molecule has 1 amide bonds. The summed E-state index contributed by atoms with van der Waals surface area (Å²) in [6, 6.07) is 4.42. The highest BCUT2D eigenvalue weighted by molar-refractivity contribution is 7.99. The molecule has 0 aromatic heterocycles. The van der Waals surface area contributed by atoms with Crippen LogP contribution < -0.4 is 0 Å². The van der Waals surface area contributed by atoms with Crippen LogP contribution in [0.4, 0.5) is 5.69 Å². The van der Waals surface area contributed by atoms with Crippen molar-refractivity contribution in [1.29, 1.82) is 0 Å². The van der Waals surface area contributed by atoms with E-state index in [0.29, 0.717) is 5.25 Å². The van der Waals surface area contributed by atoms with E-state index in [-0.39, 0.29) is 28.2 Å². The van der Waals surface area contributed by atoms with Crippen molar-refractivity contribution in [1.82, 2.24) is 4.90 Å². The molecule has 1 aliphatic carbocycles. The van der Waals surface area contributed by atoms with Gasteiger partial charge in [-0.15, -0.1) is 0 Å². The predicted octanol–water partition coefficient (Wildman–Crippen LogP) is 3.60. The van der Waals surface area contributed by atoms with Crippen molar-refractivity contribution in [3.8, 4) is 0 Å². The lowest BCUT2D eigenvalue weighted by molar-refractivity contribution is -0.385. The van der Waals surface area contributed by atoms with Gasteiger partial charge >= 0.3 is 0 Å². The number of hydrogen-bond acceptors (Lipinski definition) is 4. The zero-order valence-corrected chi connectivity index (χ0v) is 13.5. The summed E-state index contributed by atoms with van der Waals surface area (Å²) in [5, 5.41) is 11.8. The monoisotopic (exact) mass is 328 g/mol. The lowest BCUT2D eigenvalue weighted by Crippen LogP contribution is -2.36. The van der Waals surface area contributed by atoms with E-state index in [4.69, 9.17) is 11.6 Å². The third kappa shape index (κ3) is 3.32. The van der Waals surface area contributed by atoms with E-state index in [0.717, 1.165) is 19.3 Å². The number of hydrogen-bond donors (Lipinski definition) is 0. The molecular weight excluding hydrogens is 312 g/mol. The molecule has 5 nitrogen and oxygen atoms in total. The molecule has 2 atom stereocenters. The van der Waals surface area contributed by atoms with Gasteiger partial charge in [0, 0.05) is 24.4 Å². The third-order valence-electron chi connectivity index (χ3n) is 3.96. The Morgan fingerprint density at radius 1 is 1.48 bits per heavy atom. The maximum Gasteiger partial charge on any atom is 0.283 e. The number of carbonyl (C=O) groups is 1. The molecule has 2 rings (SSSR count). The van der Waals surface area contributed by atoms with E-state index < -0.39 is 4.92 Å². The highest BCUT2D eigenvalue weighted by Crippen LogP contribution is 2.33. The lowest BCUT2D eigenvalue weighted by atomic mass is 10.1. The number of nitro benzene ring substituents is 1. The van der Waals surface area contributed by atoms with Crippen LogP contribution >= 0.6 is 23.4 Å². The molecule has 0 saturated heterocycles. The van der Waals surface area contributed by atoms with Gasteiger partial charge in [-0.25, -0.2) is 0 Å². The van der Waals surface area contributed by atoms with Crippen LogP contribution in [-0.2, 0) is 0 Å². The van der Waals surface area contributed by atoms with Crippen LogP contribution in [0.25, 0.3) is 0 Å². The summed E-state index contributed by atoms with van der Waals surface area (Å²) in [7, 11) is 1.70. The second-order valence-electron chi connectivity index (χ2n) is 5.13. The third-order valence-corrected chi connectivity index (χ3v) is 5.37. The van der Waals surface area contributed by atoms with E-state index in [2.05, 4.69) is 6.26 Å². The fraction of sp³-hybridized carbons (Fsp3) is 0.500. The molecule has 0 unspecified atom stereocenters. The first-order valence-electron chi connectivity index (χ1n) is 6.68. The van der Waals surface area contributed by atoms with Gasteiger partial charge < -0.3 is 4.90 Å². The number of carbonyl (C=O) groups excluding carboxylic acids is 1. The molecule has 0 aliphatic heterocycles. The largest absolute Gasteiger partial charge is 0.338 e. The summed E-state index contributed by atoms with van der Waals surface area (Å²) in [4.78, 5) is 24.7. The Bertz CT molecular complexity index is 567. The minimum absolute atomic E-state index is 0.0146. The highest BCUT2D eigenvalue weighted by Gasteiger charge is 2.33. The normalized spacial score (nSPS) is 21.3. The second kappa shape index (κ2) is 6.66. The molecule has 114 valence electrons. The second-order valence-corrected chi connectivity index (χ2v) is 6.68. The maximum absolute atomic E-state index is 12.6. The van der Waals surface area contributed by atoms with Gasteiger partial charge in [0.15, 0.2) is 0 Å². The van der Waals surface area contributed by atoms with Crippen LogP contribution in [0.15, 0.2) is 18.2 Å². The van der Waals surface area contributed by atoms with Gasteiger partial charge in [-0.05, 0) is 31.6 Å². The smallest absolute Gasteiger partial charge is 0.283 e. The van der Waals surface area contributed by atoms with E-state index in [1.165, 1.54) is 18.2 Å². The summed E-state index contributed by atoms with van der Waals surface area (Å²) < 4.78 is 0. The van der Waals surface area contributed by atoms with Gasteiger partial charge in [-0.2, -0.15) is 11.8 Å². The van der Waals surface area contributed by atoms with Gasteiger partial charge in [0.25, 0.3) is 11.6 Å². The van der Waals surface area contributed by atoms with Crippen LogP contribution in [0.1, 0.15) is 29.6 Å². The summed E-state index contributed by atoms with van der Waals surface area (Å²) in [5.74, 6) is -0.376. The zero-order valence-electron chi connectivity index (χ0n) is 11.9. The molecule has 1 saturated carbocycles. The molecule has 0 radical (unpaired) electrons. The molecule has 0 bridgehead atoms. The Kier molecular flexibility index (Phi) is 5.11. The van der Waals surface area contributed by atoms with Crippen molar-refractivity contribution >= 4 is 35.0 Å². The van der Waals surface area contributed by atoms with Crippen LogP contribution in [0.2, 0.25) is 5.02 Å². The number of thioether (sulfide) groups is 1. The Hall–Kier alpha value is -1.27. The topological polar surface area (TPSA) is 63.5 Å². The Labute approximate surface area is 132 Å². The number of halogens is 1. The van der Waals surface area contributed by atoms with Gasteiger partial charge in [-0.3, -0.25) is 14.9 Å². The quantitative estimate of drug-likeness (QED) is 0.625. The molecule has 0 N–H and O–H groups in total. The van der Waals surface area contributed by atoms with Gasteiger partial charge in [0.05, 0.1) is 9.95 Å². The number of benzene rings is 1. The first-order chi connectivity index (χ1) is 9.95. The molecule has 7 heteroatoms. The van der Waals surface area contributed by atoms with E-state index >= 15 is 0 Å². The fourth-order valence-corrected chi connectivity index (χ4v) is 3.74.